The minimum absolute atomic E-state index is 0.214. The molecule has 0 atom stereocenters. The van der Waals surface area contributed by atoms with Crippen molar-refractivity contribution < 1.29 is 4.39 Å². The first-order valence-electron chi connectivity index (χ1n) is 7.66. The van der Waals surface area contributed by atoms with Crippen LogP contribution >= 0.6 is 0 Å². The van der Waals surface area contributed by atoms with E-state index in [0.29, 0.717) is 6.04 Å². The molecule has 1 aromatic heterocycles. The van der Waals surface area contributed by atoms with Gasteiger partial charge in [-0.3, -0.25) is 0 Å². The molecule has 20 heavy (non-hydrogen) atoms. The van der Waals surface area contributed by atoms with Gasteiger partial charge in [0.05, 0.1) is 17.6 Å². The Morgan fingerprint density at radius 3 is 2.90 bits per heavy atom. The lowest BCUT2D eigenvalue weighted by atomic mass is 10.2. The molecular weight excluding hydrogens is 253 g/mol. The Hall–Kier alpha value is -1.42. The fourth-order valence-corrected chi connectivity index (χ4v) is 3.13. The van der Waals surface area contributed by atoms with E-state index >= 15 is 0 Å². The van der Waals surface area contributed by atoms with Crippen molar-refractivity contribution in [2.24, 2.45) is 0 Å². The monoisotopic (exact) mass is 275 g/mol. The average Bonchev–Trinajstić information content (AvgIpc) is 3.05. The third-order valence-electron chi connectivity index (χ3n) is 4.14. The van der Waals surface area contributed by atoms with Crippen molar-refractivity contribution in [3.63, 3.8) is 0 Å². The number of halogens is 1. The van der Waals surface area contributed by atoms with Crippen molar-refractivity contribution in [2.45, 2.75) is 58.2 Å². The van der Waals surface area contributed by atoms with Crippen molar-refractivity contribution in [1.82, 2.24) is 14.9 Å². The maximum absolute atomic E-state index is 13.3. The first-order valence-corrected chi connectivity index (χ1v) is 7.66. The summed E-state index contributed by atoms with van der Waals surface area (Å²) < 4.78 is 15.5. The SMILES string of the molecule is CCCn1c(CNC2CCCC2)nc2cc(F)ccc21. The molecule has 1 aromatic carbocycles. The molecule has 108 valence electrons. The van der Waals surface area contributed by atoms with Gasteiger partial charge in [-0.05, 0) is 31.4 Å². The highest BCUT2D eigenvalue weighted by atomic mass is 19.1. The Balaban J connectivity index is 1.85. The summed E-state index contributed by atoms with van der Waals surface area (Å²) in [5.74, 6) is 0.813. The van der Waals surface area contributed by atoms with E-state index in [9.17, 15) is 4.39 Å². The molecule has 1 fully saturated rings. The summed E-state index contributed by atoms with van der Waals surface area (Å²) in [6, 6.07) is 5.51. The van der Waals surface area contributed by atoms with Crippen molar-refractivity contribution in [1.29, 1.82) is 0 Å². The molecule has 0 spiro atoms. The number of hydrogen-bond donors (Lipinski definition) is 1. The second kappa shape index (κ2) is 5.92. The number of aryl methyl sites for hydroxylation is 1. The van der Waals surface area contributed by atoms with E-state index < -0.39 is 0 Å². The minimum Gasteiger partial charge on any atom is -0.327 e. The maximum atomic E-state index is 13.3. The molecule has 0 radical (unpaired) electrons. The number of imidazole rings is 1. The molecule has 0 bridgehead atoms. The molecule has 0 amide bonds. The predicted molar refractivity (Wildman–Crippen MR) is 79.1 cm³/mol. The fraction of sp³-hybridized carbons (Fsp3) is 0.562. The van der Waals surface area contributed by atoms with Gasteiger partial charge in [-0.15, -0.1) is 0 Å². The Bertz CT molecular complexity index is 585. The highest BCUT2D eigenvalue weighted by Crippen LogP contribution is 2.20. The summed E-state index contributed by atoms with van der Waals surface area (Å²) in [5.41, 5.74) is 1.80. The molecule has 2 aromatic rings. The fourth-order valence-electron chi connectivity index (χ4n) is 3.13. The van der Waals surface area contributed by atoms with Crippen LogP contribution in [0.25, 0.3) is 11.0 Å². The molecule has 3 rings (SSSR count). The molecule has 0 aliphatic heterocycles. The lowest BCUT2D eigenvalue weighted by molar-refractivity contribution is 0.500. The smallest absolute Gasteiger partial charge is 0.125 e. The van der Waals surface area contributed by atoms with Gasteiger partial charge in [0.25, 0.3) is 0 Å². The maximum Gasteiger partial charge on any atom is 0.125 e. The summed E-state index contributed by atoms with van der Waals surface area (Å²) in [4.78, 5) is 4.61. The van der Waals surface area contributed by atoms with Crippen LogP contribution in [0, 0.1) is 5.82 Å². The van der Waals surface area contributed by atoms with E-state index in [1.54, 1.807) is 0 Å². The van der Waals surface area contributed by atoms with Gasteiger partial charge in [0.1, 0.15) is 11.6 Å². The number of benzene rings is 1. The van der Waals surface area contributed by atoms with Gasteiger partial charge in [-0.1, -0.05) is 19.8 Å². The topological polar surface area (TPSA) is 29.9 Å². The van der Waals surface area contributed by atoms with E-state index in [1.165, 1.54) is 37.8 Å². The van der Waals surface area contributed by atoms with Crippen LogP contribution in [0.15, 0.2) is 18.2 Å². The first kappa shape index (κ1) is 13.6. The van der Waals surface area contributed by atoms with Crippen LogP contribution in [0.1, 0.15) is 44.9 Å². The van der Waals surface area contributed by atoms with E-state index in [4.69, 9.17) is 0 Å². The van der Waals surface area contributed by atoms with Gasteiger partial charge < -0.3 is 9.88 Å². The molecule has 0 unspecified atom stereocenters. The highest BCUT2D eigenvalue weighted by molar-refractivity contribution is 5.76. The standard InChI is InChI=1S/C16H22FN3/c1-2-9-20-15-8-7-12(17)10-14(15)19-16(20)11-18-13-5-3-4-6-13/h7-8,10,13,18H,2-6,9,11H2,1H3. The minimum atomic E-state index is -0.214. The summed E-state index contributed by atoms with van der Waals surface area (Å²) in [6.45, 7) is 3.87. The highest BCUT2D eigenvalue weighted by Gasteiger charge is 2.16. The second-order valence-electron chi connectivity index (χ2n) is 5.67. The molecule has 3 nitrogen and oxygen atoms in total. The van der Waals surface area contributed by atoms with E-state index in [1.807, 2.05) is 6.07 Å². The van der Waals surface area contributed by atoms with Crippen molar-refractivity contribution in [3.05, 3.63) is 29.8 Å². The van der Waals surface area contributed by atoms with Crippen molar-refractivity contribution >= 4 is 11.0 Å². The predicted octanol–water partition coefficient (Wildman–Crippen LogP) is 3.62. The van der Waals surface area contributed by atoms with Gasteiger partial charge in [-0.2, -0.15) is 0 Å². The zero-order valence-corrected chi connectivity index (χ0v) is 12.0. The first-order chi connectivity index (χ1) is 9.78. The molecule has 0 saturated heterocycles. The van der Waals surface area contributed by atoms with Crippen LogP contribution in [0.2, 0.25) is 0 Å². The molecule has 4 heteroatoms. The number of rotatable bonds is 5. The molecule has 1 N–H and O–H groups in total. The average molecular weight is 275 g/mol. The Morgan fingerprint density at radius 1 is 1.35 bits per heavy atom. The summed E-state index contributed by atoms with van der Waals surface area (Å²) >= 11 is 0. The van der Waals surface area contributed by atoms with E-state index in [2.05, 4.69) is 21.8 Å². The largest absolute Gasteiger partial charge is 0.327 e. The number of hydrogen-bond acceptors (Lipinski definition) is 2. The van der Waals surface area contributed by atoms with Crippen molar-refractivity contribution in [2.75, 3.05) is 0 Å². The Labute approximate surface area is 119 Å². The number of nitrogens with zero attached hydrogens (tertiary/aromatic N) is 2. The van der Waals surface area contributed by atoms with Crippen LogP contribution in [-0.4, -0.2) is 15.6 Å². The second-order valence-corrected chi connectivity index (χ2v) is 5.67. The van der Waals surface area contributed by atoms with E-state index in [0.717, 1.165) is 36.4 Å². The normalized spacial score (nSPS) is 16.3. The van der Waals surface area contributed by atoms with Crippen molar-refractivity contribution in [3.8, 4) is 0 Å². The molecule has 1 aliphatic carbocycles. The Kier molecular flexibility index (Phi) is 4.01. The van der Waals surface area contributed by atoms with E-state index in [-0.39, 0.29) is 5.82 Å². The van der Waals surface area contributed by atoms with Crippen LogP contribution in [-0.2, 0) is 13.1 Å². The zero-order valence-electron chi connectivity index (χ0n) is 12.0. The third kappa shape index (κ3) is 2.70. The zero-order chi connectivity index (χ0) is 13.9. The lowest BCUT2D eigenvalue weighted by Gasteiger charge is -2.13. The summed E-state index contributed by atoms with van der Waals surface area (Å²) in [6.07, 6.45) is 6.24. The lowest BCUT2D eigenvalue weighted by Crippen LogP contribution is -2.27. The molecule has 1 heterocycles. The van der Waals surface area contributed by atoms with Crippen LogP contribution < -0.4 is 5.32 Å². The Morgan fingerprint density at radius 2 is 2.15 bits per heavy atom. The van der Waals surface area contributed by atoms with Gasteiger partial charge in [0.15, 0.2) is 0 Å². The summed E-state index contributed by atoms with van der Waals surface area (Å²) in [7, 11) is 0. The number of aromatic nitrogens is 2. The molecule has 1 aliphatic rings. The third-order valence-corrected chi connectivity index (χ3v) is 4.14. The van der Waals surface area contributed by atoms with Gasteiger partial charge >= 0.3 is 0 Å². The number of nitrogens with one attached hydrogen (secondary N) is 1. The quantitative estimate of drug-likeness (QED) is 0.903. The summed E-state index contributed by atoms with van der Waals surface area (Å²) in [5, 5.41) is 3.60. The number of fused-ring (bicyclic) bond motifs is 1. The van der Waals surface area contributed by atoms with Crippen LogP contribution in [0.5, 0.6) is 0 Å². The molecular formula is C16H22FN3. The van der Waals surface area contributed by atoms with Gasteiger partial charge in [0, 0.05) is 18.7 Å². The van der Waals surface area contributed by atoms with Crippen LogP contribution in [0.4, 0.5) is 4.39 Å². The van der Waals surface area contributed by atoms with Gasteiger partial charge in [-0.25, -0.2) is 9.37 Å². The molecule has 1 saturated carbocycles. The van der Waals surface area contributed by atoms with Gasteiger partial charge in [0.2, 0.25) is 0 Å². The van der Waals surface area contributed by atoms with Crippen LogP contribution in [0.3, 0.4) is 0 Å².